The van der Waals surface area contributed by atoms with Crippen molar-refractivity contribution in [3.05, 3.63) is 90.8 Å². The largest absolute Gasteiger partial charge is 0.366 e. The predicted octanol–water partition coefficient (Wildman–Crippen LogP) is 4.91. The third-order valence-corrected chi connectivity index (χ3v) is 4.02. The van der Waals surface area contributed by atoms with Gasteiger partial charge in [0.1, 0.15) is 5.82 Å². The van der Waals surface area contributed by atoms with Crippen LogP contribution in [0.5, 0.6) is 0 Å². The van der Waals surface area contributed by atoms with Gasteiger partial charge in [0.2, 0.25) is 0 Å². The van der Waals surface area contributed by atoms with E-state index in [-0.39, 0.29) is 0 Å². The maximum absolute atomic E-state index is 4.64. The molecule has 0 aliphatic heterocycles. The Morgan fingerprint density at radius 2 is 1.62 bits per heavy atom. The van der Waals surface area contributed by atoms with Gasteiger partial charge in [0.25, 0.3) is 0 Å². The molecule has 2 aromatic carbocycles. The molecule has 0 amide bonds. The molecule has 2 heterocycles. The van der Waals surface area contributed by atoms with Crippen LogP contribution in [0.15, 0.2) is 85.2 Å². The Balaban J connectivity index is 1.47. The topological polar surface area (TPSA) is 37.8 Å². The van der Waals surface area contributed by atoms with E-state index in [1.807, 2.05) is 36.5 Å². The third kappa shape index (κ3) is 3.10. The SMILES string of the molecule is c1cncc(-c2ccc(CNc3ccc4ccccc4n3)cc2)c1. The molecule has 3 heteroatoms. The minimum Gasteiger partial charge on any atom is -0.366 e. The Morgan fingerprint density at radius 3 is 2.46 bits per heavy atom. The number of fused-ring (bicyclic) bond motifs is 1. The Kier molecular flexibility index (Phi) is 3.90. The number of nitrogens with zero attached hydrogens (tertiary/aromatic N) is 2. The smallest absolute Gasteiger partial charge is 0.126 e. The van der Waals surface area contributed by atoms with Gasteiger partial charge in [-0.05, 0) is 41.0 Å². The van der Waals surface area contributed by atoms with Crippen molar-refractivity contribution in [2.24, 2.45) is 0 Å². The van der Waals surface area contributed by atoms with Crippen molar-refractivity contribution in [2.45, 2.75) is 6.54 Å². The molecule has 0 saturated heterocycles. The second-order valence-electron chi connectivity index (χ2n) is 5.68. The van der Waals surface area contributed by atoms with Gasteiger partial charge in [0.15, 0.2) is 0 Å². The van der Waals surface area contributed by atoms with Gasteiger partial charge in [-0.3, -0.25) is 4.98 Å². The molecule has 3 nitrogen and oxygen atoms in total. The van der Waals surface area contributed by atoms with Gasteiger partial charge >= 0.3 is 0 Å². The second kappa shape index (κ2) is 6.50. The fourth-order valence-electron chi connectivity index (χ4n) is 2.71. The molecule has 24 heavy (non-hydrogen) atoms. The molecule has 0 unspecified atom stereocenters. The number of para-hydroxylation sites is 1. The van der Waals surface area contributed by atoms with E-state index in [0.717, 1.165) is 28.8 Å². The number of nitrogens with one attached hydrogen (secondary N) is 1. The van der Waals surface area contributed by atoms with Gasteiger partial charge in [-0.15, -0.1) is 0 Å². The monoisotopic (exact) mass is 311 g/mol. The molecule has 0 spiro atoms. The zero-order valence-electron chi connectivity index (χ0n) is 13.2. The Hall–Kier alpha value is -3.20. The van der Waals surface area contributed by atoms with Crippen molar-refractivity contribution in [1.82, 2.24) is 9.97 Å². The lowest BCUT2D eigenvalue weighted by molar-refractivity contribution is 1.12. The molecule has 4 rings (SSSR count). The van der Waals surface area contributed by atoms with Crippen LogP contribution in [-0.4, -0.2) is 9.97 Å². The zero-order valence-corrected chi connectivity index (χ0v) is 13.2. The summed E-state index contributed by atoms with van der Waals surface area (Å²) >= 11 is 0. The minimum absolute atomic E-state index is 0.749. The average molecular weight is 311 g/mol. The Labute approximate surface area is 141 Å². The number of pyridine rings is 2. The first-order valence-electron chi connectivity index (χ1n) is 7.97. The quantitative estimate of drug-likeness (QED) is 0.582. The van der Waals surface area contributed by atoms with Crippen molar-refractivity contribution in [1.29, 1.82) is 0 Å². The lowest BCUT2D eigenvalue weighted by atomic mass is 10.1. The van der Waals surface area contributed by atoms with Gasteiger partial charge in [0, 0.05) is 24.3 Å². The molecule has 0 fully saturated rings. The Bertz CT molecular complexity index is 947. The summed E-state index contributed by atoms with van der Waals surface area (Å²) in [4.78, 5) is 8.80. The van der Waals surface area contributed by atoms with Gasteiger partial charge in [0.05, 0.1) is 5.52 Å². The highest BCUT2D eigenvalue weighted by Gasteiger charge is 2.00. The van der Waals surface area contributed by atoms with Crippen molar-refractivity contribution >= 4 is 16.7 Å². The van der Waals surface area contributed by atoms with Gasteiger partial charge in [-0.25, -0.2) is 4.98 Å². The number of benzene rings is 2. The first kappa shape index (κ1) is 14.4. The Morgan fingerprint density at radius 1 is 0.750 bits per heavy atom. The molecule has 0 radical (unpaired) electrons. The molecule has 116 valence electrons. The van der Waals surface area contributed by atoms with Crippen LogP contribution in [0.4, 0.5) is 5.82 Å². The fraction of sp³-hybridized carbons (Fsp3) is 0.0476. The summed E-state index contributed by atoms with van der Waals surface area (Å²) in [7, 11) is 0. The highest BCUT2D eigenvalue weighted by atomic mass is 15.0. The number of hydrogen-bond donors (Lipinski definition) is 1. The van der Waals surface area contributed by atoms with E-state index in [4.69, 9.17) is 0 Å². The van der Waals surface area contributed by atoms with Crippen LogP contribution in [-0.2, 0) is 6.54 Å². The second-order valence-corrected chi connectivity index (χ2v) is 5.68. The molecular formula is C21H17N3. The normalized spacial score (nSPS) is 10.7. The van der Waals surface area contributed by atoms with E-state index in [0.29, 0.717) is 0 Å². The molecule has 1 N–H and O–H groups in total. The van der Waals surface area contributed by atoms with Gasteiger partial charge in [-0.1, -0.05) is 48.5 Å². The van der Waals surface area contributed by atoms with Crippen molar-refractivity contribution in [3.8, 4) is 11.1 Å². The maximum Gasteiger partial charge on any atom is 0.126 e. The summed E-state index contributed by atoms with van der Waals surface area (Å²) in [6.07, 6.45) is 3.67. The molecule has 0 aliphatic carbocycles. The van der Waals surface area contributed by atoms with Crippen LogP contribution >= 0.6 is 0 Å². The highest BCUT2D eigenvalue weighted by molar-refractivity contribution is 5.80. The summed E-state index contributed by atoms with van der Waals surface area (Å²) in [6, 6.07) is 24.8. The number of hydrogen-bond acceptors (Lipinski definition) is 3. The number of rotatable bonds is 4. The molecule has 4 aromatic rings. The van der Waals surface area contributed by atoms with E-state index in [2.05, 4.69) is 57.7 Å². The van der Waals surface area contributed by atoms with Crippen LogP contribution in [0.2, 0.25) is 0 Å². The fourth-order valence-corrected chi connectivity index (χ4v) is 2.71. The molecule has 0 atom stereocenters. The number of aromatic nitrogens is 2. The van der Waals surface area contributed by atoms with E-state index in [1.54, 1.807) is 6.20 Å². The van der Waals surface area contributed by atoms with Crippen molar-refractivity contribution < 1.29 is 0 Å². The zero-order chi connectivity index (χ0) is 16.2. The number of anilines is 1. The van der Waals surface area contributed by atoms with E-state index >= 15 is 0 Å². The lowest BCUT2D eigenvalue weighted by Gasteiger charge is -2.08. The van der Waals surface area contributed by atoms with Crippen LogP contribution in [0.25, 0.3) is 22.0 Å². The molecule has 2 aromatic heterocycles. The van der Waals surface area contributed by atoms with Crippen LogP contribution in [0.1, 0.15) is 5.56 Å². The van der Waals surface area contributed by atoms with Crippen LogP contribution in [0.3, 0.4) is 0 Å². The van der Waals surface area contributed by atoms with Crippen molar-refractivity contribution in [3.63, 3.8) is 0 Å². The van der Waals surface area contributed by atoms with E-state index in [1.165, 1.54) is 11.1 Å². The summed E-state index contributed by atoms with van der Waals surface area (Å²) in [6.45, 7) is 0.749. The third-order valence-electron chi connectivity index (χ3n) is 4.02. The molecule has 0 bridgehead atoms. The summed E-state index contributed by atoms with van der Waals surface area (Å²) in [5.41, 5.74) is 4.54. The molecule has 0 saturated carbocycles. The highest BCUT2D eigenvalue weighted by Crippen LogP contribution is 2.19. The van der Waals surface area contributed by atoms with E-state index < -0.39 is 0 Å². The maximum atomic E-state index is 4.64. The first-order chi connectivity index (χ1) is 11.9. The molecule has 0 aliphatic rings. The average Bonchev–Trinajstić information content (AvgIpc) is 2.67. The first-order valence-corrected chi connectivity index (χ1v) is 7.97. The lowest BCUT2D eigenvalue weighted by Crippen LogP contribution is -2.01. The van der Waals surface area contributed by atoms with Crippen LogP contribution in [0, 0.1) is 0 Å². The minimum atomic E-state index is 0.749. The summed E-state index contributed by atoms with van der Waals surface area (Å²) in [5.74, 6) is 0.894. The van der Waals surface area contributed by atoms with E-state index in [9.17, 15) is 0 Å². The van der Waals surface area contributed by atoms with Crippen LogP contribution < -0.4 is 5.32 Å². The van der Waals surface area contributed by atoms with Gasteiger partial charge < -0.3 is 5.32 Å². The molecular weight excluding hydrogens is 294 g/mol. The van der Waals surface area contributed by atoms with Gasteiger partial charge in [-0.2, -0.15) is 0 Å². The summed E-state index contributed by atoms with van der Waals surface area (Å²) < 4.78 is 0. The van der Waals surface area contributed by atoms with Crippen molar-refractivity contribution in [2.75, 3.05) is 5.32 Å². The standard InChI is InChI=1S/C21H17N3/c1-2-6-20-18(4-1)11-12-21(24-20)23-14-16-7-9-17(10-8-16)19-5-3-13-22-15-19/h1-13,15H,14H2,(H,23,24). The summed E-state index contributed by atoms with van der Waals surface area (Å²) in [5, 5.41) is 4.55. The predicted molar refractivity (Wildman–Crippen MR) is 98.7 cm³/mol.